The van der Waals surface area contributed by atoms with E-state index < -0.39 is 11.9 Å². The van der Waals surface area contributed by atoms with Gasteiger partial charge in [0.1, 0.15) is 0 Å². The molecule has 0 saturated carbocycles. The Balaban J connectivity index is 0.000000162. The van der Waals surface area contributed by atoms with E-state index in [9.17, 15) is 19.2 Å². The Kier molecular flexibility index (Phi) is 9.45. The normalized spacial score (nSPS) is 11.0. The van der Waals surface area contributed by atoms with Crippen molar-refractivity contribution in [1.29, 1.82) is 0 Å². The highest BCUT2D eigenvalue weighted by Gasteiger charge is 2.22. The molecule has 8 nitrogen and oxygen atoms in total. The molecule has 8 rings (SSSR count). The van der Waals surface area contributed by atoms with Crippen LogP contribution in [-0.4, -0.2) is 46.5 Å². The summed E-state index contributed by atoms with van der Waals surface area (Å²) in [7, 11) is 0. The summed E-state index contributed by atoms with van der Waals surface area (Å²) in [4.78, 5) is 48.6. The van der Waals surface area contributed by atoms with E-state index in [2.05, 4.69) is 0 Å². The first-order valence-electron chi connectivity index (χ1n) is 17.0. The molecule has 8 aromatic rings. The molecule has 0 aliphatic rings. The lowest BCUT2D eigenvalue weighted by molar-refractivity contribution is 0.0518. The third kappa shape index (κ3) is 6.00. The van der Waals surface area contributed by atoms with Crippen LogP contribution in [0, 0.1) is 0 Å². The second kappa shape index (κ2) is 14.6. The van der Waals surface area contributed by atoms with E-state index in [1.165, 1.54) is 0 Å². The molecule has 0 aliphatic heterocycles. The second-order valence-corrected chi connectivity index (χ2v) is 12.0. The zero-order valence-corrected chi connectivity index (χ0v) is 28.6. The highest BCUT2D eigenvalue weighted by Crippen LogP contribution is 2.34. The van der Waals surface area contributed by atoms with Crippen LogP contribution in [0.4, 0.5) is 0 Å². The van der Waals surface area contributed by atoms with Gasteiger partial charge in [-0.25, -0.2) is 9.59 Å². The van der Waals surface area contributed by atoms with Gasteiger partial charge in [-0.2, -0.15) is 0 Å². The summed E-state index contributed by atoms with van der Waals surface area (Å²) in [5, 5.41) is 1.82. The quantitative estimate of drug-likeness (QED) is 0.117. The van der Waals surface area contributed by atoms with Crippen molar-refractivity contribution in [2.75, 3.05) is 13.2 Å². The molecular weight excluding hydrogens is 652 g/mol. The summed E-state index contributed by atoms with van der Waals surface area (Å²) >= 11 is 0. The fraction of sp³-hybridized carbons (Fsp3) is 0.0909. The number of aromatic nitrogens is 2. The molecule has 8 heteroatoms. The lowest BCUT2D eigenvalue weighted by Crippen LogP contribution is -2.07. The first-order valence-corrected chi connectivity index (χ1v) is 17.0. The summed E-state index contributed by atoms with van der Waals surface area (Å²) < 4.78 is 14.4. The van der Waals surface area contributed by atoms with Gasteiger partial charge in [0, 0.05) is 11.1 Å². The molecule has 4 aromatic heterocycles. The van der Waals surface area contributed by atoms with Crippen molar-refractivity contribution in [3.05, 3.63) is 156 Å². The van der Waals surface area contributed by atoms with Crippen molar-refractivity contribution < 1.29 is 28.7 Å². The van der Waals surface area contributed by atoms with Crippen LogP contribution in [0.2, 0.25) is 0 Å². The van der Waals surface area contributed by atoms with Gasteiger partial charge in [0.05, 0.1) is 57.8 Å². The summed E-state index contributed by atoms with van der Waals surface area (Å²) in [5.41, 5.74) is 8.58. The van der Waals surface area contributed by atoms with Crippen molar-refractivity contribution in [3.8, 4) is 22.5 Å². The maximum Gasteiger partial charge on any atom is 0.340 e. The third-order valence-electron chi connectivity index (χ3n) is 8.91. The number of hydrogen-bond acceptors (Lipinski definition) is 6. The molecule has 4 aromatic carbocycles. The molecule has 0 unspecified atom stereocenters. The predicted octanol–water partition coefficient (Wildman–Crippen LogP) is 9.50. The first kappa shape index (κ1) is 33.7. The molecule has 0 amide bonds. The molecule has 0 spiro atoms. The topological polar surface area (TPSA) is 95.6 Å². The van der Waals surface area contributed by atoms with Gasteiger partial charge in [-0.05, 0) is 72.1 Å². The Labute approximate surface area is 299 Å². The van der Waals surface area contributed by atoms with Crippen LogP contribution in [0.15, 0.2) is 133 Å². The molecule has 0 radical (unpaired) electrons. The van der Waals surface area contributed by atoms with E-state index in [-0.39, 0.29) is 0 Å². The van der Waals surface area contributed by atoms with Gasteiger partial charge in [0.2, 0.25) is 0 Å². The van der Waals surface area contributed by atoms with E-state index in [0.717, 1.165) is 56.9 Å². The fourth-order valence-electron chi connectivity index (χ4n) is 6.75. The summed E-state index contributed by atoms with van der Waals surface area (Å²) in [5.74, 6) is -0.782. The number of carbonyl (C=O) groups excluding carboxylic acids is 4. The highest BCUT2D eigenvalue weighted by atomic mass is 16.5. The number of pyridine rings is 2. The van der Waals surface area contributed by atoms with Crippen LogP contribution in [0.3, 0.4) is 0 Å². The Morgan fingerprint density at radius 3 is 1.23 bits per heavy atom. The number of esters is 2. The van der Waals surface area contributed by atoms with Crippen molar-refractivity contribution in [2.45, 2.75) is 13.8 Å². The lowest BCUT2D eigenvalue weighted by Gasteiger charge is -2.12. The van der Waals surface area contributed by atoms with Gasteiger partial charge in [0.15, 0.2) is 12.6 Å². The van der Waals surface area contributed by atoms with Gasteiger partial charge in [-0.15, -0.1) is 0 Å². The highest BCUT2D eigenvalue weighted by molar-refractivity contribution is 6.06. The summed E-state index contributed by atoms with van der Waals surface area (Å²) in [6.07, 6.45) is 1.66. The minimum atomic E-state index is -0.391. The van der Waals surface area contributed by atoms with Gasteiger partial charge in [-0.3, -0.25) is 9.59 Å². The standard InChI is InChI=1S/2C22H17NO3/c2*1-2-26-22(25)18-12-16-10-6-7-11-19(16)23-20(18)13-17(14-24)21(23)15-8-4-3-5-9-15/h2*3-14H,2H2,1H3. The van der Waals surface area contributed by atoms with Crippen molar-refractivity contribution >= 4 is 57.4 Å². The SMILES string of the molecule is CCOC(=O)c1cc2ccccc2n2c(-c3ccccc3)c(C=O)cc12.CCOC(=O)c1cc2ccccc2n2c(-c3ccccc3)c(C=O)cc12. The molecule has 0 fully saturated rings. The number of hydrogen-bond donors (Lipinski definition) is 0. The third-order valence-corrected chi connectivity index (χ3v) is 8.91. The molecule has 0 N–H and O–H groups in total. The minimum absolute atomic E-state index is 0.296. The maximum atomic E-state index is 12.5. The zero-order valence-electron chi connectivity index (χ0n) is 28.6. The lowest BCUT2D eigenvalue weighted by atomic mass is 10.1. The fourth-order valence-corrected chi connectivity index (χ4v) is 6.75. The second-order valence-electron chi connectivity index (χ2n) is 12.0. The maximum absolute atomic E-state index is 12.5. The number of aldehydes is 2. The molecule has 4 heterocycles. The largest absolute Gasteiger partial charge is 0.462 e. The first-order chi connectivity index (χ1) is 25.5. The van der Waals surface area contributed by atoms with Crippen molar-refractivity contribution in [2.24, 2.45) is 0 Å². The minimum Gasteiger partial charge on any atom is -0.462 e. The molecule has 0 aliphatic carbocycles. The number of nitrogens with zero attached hydrogens (tertiary/aromatic N) is 2. The molecule has 0 bridgehead atoms. The average Bonchev–Trinajstić information content (AvgIpc) is 3.78. The Bertz CT molecular complexity index is 2440. The van der Waals surface area contributed by atoms with Crippen LogP contribution < -0.4 is 0 Å². The van der Waals surface area contributed by atoms with E-state index in [4.69, 9.17) is 9.47 Å². The van der Waals surface area contributed by atoms with Gasteiger partial charge < -0.3 is 18.3 Å². The number of fused-ring (bicyclic) bond motifs is 6. The van der Waals surface area contributed by atoms with Crippen LogP contribution in [-0.2, 0) is 9.47 Å². The van der Waals surface area contributed by atoms with Crippen molar-refractivity contribution in [3.63, 3.8) is 0 Å². The van der Waals surface area contributed by atoms with E-state index in [1.807, 2.05) is 130 Å². The smallest absolute Gasteiger partial charge is 0.340 e. The van der Waals surface area contributed by atoms with E-state index in [1.54, 1.807) is 26.0 Å². The molecular formula is C44H34N2O6. The monoisotopic (exact) mass is 686 g/mol. The number of rotatable bonds is 8. The summed E-state index contributed by atoms with van der Waals surface area (Å²) in [6.45, 7) is 4.15. The number of benzene rings is 4. The number of ether oxygens (including phenoxy) is 2. The Morgan fingerprint density at radius 1 is 0.500 bits per heavy atom. The van der Waals surface area contributed by atoms with Crippen molar-refractivity contribution in [1.82, 2.24) is 8.80 Å². The van der Waals surface area contributed by atoms with Crippen LogP contribution in [0.1, 0.15) is 55.3 Å². The molecule has 52 heavy (non-hydrogen) atoms. The van der Waals surface area contributed by atoms with Gasteiger partial charge in [0.25, 0.3) is 0 Å². The molecule has 0 saturated heterocycles. The molecule has 256 valence electrons. The zero-order chi connectivity index (χ0) is 36.2. The van der Waals surface area contributed by atoms with Crippen LogP contribution >= 0.6 is 0 Å². The molecule has 0 atom stereocenters. The number of para-hydroxylation sites is 2. The summed E-state index contributed by atoms with van der Waals surface area (Å²) in [6, 6.07) is 42.2. The van der Waals surface area contributed by atoms with Gasteiger partial charge >= 0.3 is 11.9 Å². The number of carbonyl (C=O) groups is 4. The average molecular weight is 687 g/mol. The Morgan fingerprint density at radius 2 is 0.865 bits per heavy atom. The van der Waals surface area contributed by atoms with Crippen LogP contribution in [0.25, 0.3) is 55.4 Å². The predicted molar refractivity (Wildman–Crippen MR) is 203 cm³/mol. The Hall–Kier alpha value is -6.80. The van der Waals surface area contributed by atoms with E-state index in [0.29, 0.717) is 46.5 Å². The van der Waals surface area contributed by atoms with Gasteiger partial charge in [-0.1, -0.05) is 97.1 Å². The van der Waals surface area contributed by atoms with Crippen LogP contribution in [0.5, 0.6) is 0 Å². The van der Waals surface area contributed by atoms with E-state index >= 15 is 0 Å².